The first-order chi connectivity index (χ1) is 13.9. The number of alkyl halides is 9. The quantitative estimate of drug-likeness (QED) is 0.243. The lowest BCUT2D eigenvalue weighted by molar-refractivity contribution is -0.396. The SMILES string of the molecule is CCCCC(CC)CC(C(=O)O)=C(CCC(F)(F)C(F)(F)C(F)(F)C(F)(F)F)C(=O)O. The molecule has 0 saturated carbocycles. The Morgan fingerprint density at radius 3 is 1.65 bits per heavy atom. The van der Waals surface area contributed by atoms with Gasteiger partial charge in [-0.05, 0) is 18.8 Å². The van der Waals surface area contributed by atoms with Crippen molar-refractivity contribution in [2.24, 2.45) is 5.92 Å². The van der Waals surface area contributed by atoms with E-state index in [4.69, 9.17) is 5.11 Å². The second kappa shape index (κ2) is 10.6. The van der Waals surface area contributed by atoms with Gasteiger partial charge < -0.3 is 10.2 Å². The molecule has 1 atom stereocenters. The molecule has 0 fully saturated rings. The largest absolute Gasteiger partial charge is 0.478 e. The second-order valence-electron chi connectivity index (χ2n) is 7.04. The van der Waals surface area contributed by atoms with Crippen LogP contribution >= 0.6 is 0 Å². The van der Waals surface area contributed by atoms with Crippen molar-refractivity contribution in [3.8, 4) is 0 Å². The molecule has 4 nitrogen and oxygen atoms in total. The van der Waals surface area contributed by atoms with E-state index in [0.717, 1.165) is 0 Å². The summed E-state index contributed by atoms with van der Waals surface area (Å²) in [6.45, 7) is 3.47. The molecule has 0 heterocycles. The summed E-state index contributed by atoms with van der Waals surface area (Å²) < 4.78 is 117. The van der Waals surface area contributed by atoms with Crippen molar-refractivity contribution in [2.45, 2.75) is 82.7 Å². The number of carboxylic acids is 2. The predicted molar refractivity (Wildman–Crippen MR) is 90.4 cm³/mol. The molecule has 0 aromatic carbocycles. The van der Waals surface area contributed by atoms with Crippen LogP contribution in [0.5, 0.6) is 0 Å². The molecule has 0 saturated heterocycles. The van der Waals surface area contributed by atoms with Crippen molar-refractivity contribution in [2.75, 3.05) is 0 Å². The lowest BCUT2D eigenvalue weighted by Crippen LogP contribution is -2.60. The van der Waals surface area contributed by atoms with Crippen LogP contribution in [0.3, 0.4) is 0 Å². The zero-order chi connectivity index (χ0) is 24.8. The molecule has 0 radical (unpaired) electrons. The van der Waals surface area contributed by atoms with Gasteiger partial charge in [-0.2, -0.15) is 39.5 Å². The third-order valence-corrected chi connectivity index (χ3v) is 4.82. The first-order valence-electron chi connectivity index (χ1n) is 9.26. The van der Waals surface area contributed by atoms with Gasteiger partial charge in [-0.15, -0.1) is 0 Å². The molecule has 0 aromatic heterocycles. The highest BCUT2D eigenvalue weighted by Gasteiger charge is 2.81. The molecule has 0 rings (SSSR count). The molecule has 182 valence electrons. The highest BCUT2D eigenvalue weighted by molar-refractivity contribution is 5.98. The van der Waals surface area contributed by atoms with Crippen LogP contribution in [-0.2, 0) is 9.59 Å². The molecule has 13 heteroatoms. The minimum absolute atomic E-state index is 0.371. The van der Waals surface area contributed by atoms with E-state index in [9.17, 15) is 54.2 Å². The van der Waals surface area contributed by atoms with Gasteiger partial charge in [0.25, 0.3) is 0 Å². The van der Waals surface area contributed by atoms with Crippen LogP contribution in [0, 0.1) is 5.92 Å². The number of carboxylic acid groups (broad SMARTS) is 2. The van der Waals surface area contributed by atoms with E-state index in [2.05, 4.69) is 0 Å². The maximum absolute atomic E-state index is 13.7. The van der Waals surface area contributed by atoms with Crippen LogP contribution in [0.4, 0.5) is 39.5 Å². The Morgan fingerprint density at radius 1 is 0.806 bits per heavy atom. The summed E-state index contributed by atoms with van der Waals surface area (Å²) in [5.41, 5.74) is -2.15. The number of carbonyl (C=O) groups is 2. The smallest absolute Gasteiger partial charge is 0.460 e. The maximum Gasteiger partial charge on any atom is 0.460 e. The molecule has 0 spiro atoms. The summed E-state index contributed by atoms with van der Waals surface area (Å²) >= 11 is 0. The topological polar surface area (TPSA) is 74.6 Å². The second-order valence-corrected chi connectivity index (χ2v) is 7.04. The minimum atomic E-state index is -7.10. The van der Waals surface area contributed by atoms with Gasteiger partial charge in [-0.1, -0.05) is 39.5 Å². The summed E-state index contributed by atoms with van der Waals surface area (Å²) in [4.78, 5) is 22.8. The summed E-state index contributed by atoms with van der Waals surface area (Å²) in [5.74, 6) is -24.3. The van der Waals surface area contributed by atoms with Crippen LogP contribution in [0.1, 0.15) is 58.8 Å². The van der Waals surface area contributed by atoms with Gasteiger partial charge in [0.15, 0.2) is 0 Å². The zero-order valence-electron chi connectivity index (χ0n) is 16.6. The lowest BCUT2D eigenvalue weighted by Gasteiger charge is -2.33. The number of hydrogen-bond donors (Lipinski definition) is 2. The summed E-state index contributed by atoms with van der Waals surface area (Å²) in [6.07, 6.45) is -9.35. The Labute approximate surface area is 172 Å². The zero-order valence-corrected chi connectivity index (χ0v) is 16.6. The fourth-order valence-electron chi connectivity index (χ4n) is 2.81. The highest BCUT2D eigenvalue weighted by Crippen LogP contribution is 2.54. The molecule has 31 heavy (non-hydrogen) atoms. The molecule has 2 N–H and O–H groups in total. The first-order valence-corrected chi connectivity index (χ1v) is 9.26. The number of rotatable bonds is 13. The number of hydrogen-bond acceptors (Lipinski definition) is 2. The Hall–Kier alpha value is -1.95. The van der Waals surface area contributed by atoms with Crippen molar-refractivity contribution >= 4 is 11.9 Å². The van der Waals surface area contributed by atoms with E-state index in [-0.39, 0.29) is 0 Å². The van der Waals surface area contributed by atoms with Gasteiger partial charge in [0.05, 0.1) is 0 Å². The number of aliphatic carboxylic acids is 2. The molecule has 0 aliphatic rings. The number of unbranched alkanes of at least 4 members (excludes halogenated alkanes) is 1. The van der Waals surface area contributed by atoms with Crippen molar-refractivity contribution in [1.82, 2.24) is 0 Å². The summed E-state index contributed by atoms with van der Waals surface area (Å²) in [5, 5.41) is 18.4. The fourth-order valence-corrected chi connectivity index (χ4v) is 2.81. The molecule has 1 unspecified atom stereocenters. The average molecular weight is 474 g/mol. The first kappa shape index (κ1) is 29.1. The minimum Gasteiger partial charge on any atom is -0.478 e. The van der Waals surface area contributed by atoms with Crippen LogP contribution in [0.2, 0.25) is 0 Å². The Balaban J connectivity index is 5.98. The normalized spacial score (nSPS) is 15.5. The maximum atomic E-state index is 13.7. The van der Waals surface area contributed by atoms with E-state index < -0.39 is 72.2 Å². The van der Waals surface area contributed by atoms with Crippen LogP contribution in [0.25, 0.3) is 0 Å². The van der Waals surface area contributed by atoms with E-state index >= 15 is 0 Å². The van der Waals surface area contributed by atoms with Gasteiger partial charge in [0, 0.05) is 17.6 Å². The van der Waals surface area contributed by atoms with Gasteiger partial charge in [0.1, 0.15) is 0 Å². The molecule has 0 aromatic rings. The molecule has 0 aliphatic heterocycles. The fraction of sp³-hybridized carbons (Fsp3) is 0.778. The standard InChI is InChI=1S/C18H23F9O4/c1-3-5-6-10(4-2)9-12(14(30)31)11(13(28)29)7-8-15(19,20)16(21,22)17(23,24)18(25,26)27/h10H,3-9H2,1-2H3,(H,28,29)(H,30,31). The van der Waals surface area contributed by atoms with Crippen molar-refractivity contribution in [3.63, 3.8) is 0 Å². The Bertz CT molecular complexity index is 669. The highest BCUT2D eigenvalue weighted by atomic mass is 19.4. The van der Waals surface area contributed by atoms with Crippen LogP contribution in [-0.4, -0.2) is 46.1 Å². The van der Waals surface area contributed by atoms with Crippen molar-refractivity contribution in [3.05, 3.63) is 11.1 Å². The van der Waals surface area contributed by atoms with Crippen LogP contribution in [0.15, 0.2) is 11.1 Å². The van der Waals surface area contributed by atoms with E-state index in [0.29, 0.717) is 25.7 Å². The third-order valence-electron chi connectivity index (χ3n) is 4.82. The summed E-state index contributed by atoms with van der Waals surface area (Å²) in [7, 11) is 0. The lowest BCUT2D eigenvalue weighted by atomic mass is 9.87. The molecular weight excluding hydrogens is 451 g/mol. The molecule has 0 bridgehead atoms. The van der Waals surface area contributed by atoms with Crippen LogP contribution < -0.4 is 0 Å². The van der Waals surface area contributed by atoms with Gasteiger partial charge >= 0.3 is 35.9 Å². The Morgan fingerprint density at radius 2 is 1.29 bits per heavy atom. The van der Waals surface area contributed by atoms with E-state index in [1.54, 1.807) is 6.92 Å². The molecule has 0 amide bonds. The van der Waals surface area contributed by atoms with Gasteiger partial charge in [-0.3, -0.25) is 0 Å². The third kappa shape index (κ3) is 6.76. The summed E-state index contributed by atoms with van der Waals surface area (Å²) in [6, 6.07) is 0. The van der Waals surface area contributed by atoms with Crippen molar-refractivity contribution in [1.29, 1.82) is 0 Å². The molecular formula is C18H23F9O4. The predicted octanol–water partition coefficient (Wildman–Crippen LogP) is 6.31. The Kier molecular flexibility index (Phi) is 9.91. The average Bonchev–Trinajstić information content (AvgIpc) is 2.61. The van der Waals surface area contributed by atoms with Gasteiger partial charge in [-0.25, -0.2) is 9.59 Å². The van der Waals surface area contributed by atoms with Crippen molar-refractivity contribution < 1.29 is 59.3 Å². The van der Waals surface area contributed by atoms with E-state index in [1.165, 1.54) is 0 Å². The van der Waals surface area contributed by atoms with Gasteiger partial charge in [0.2, 0.25) is 0 Å². The number of halogens is 9. The molecule has 0 aliphatic carbocycles. The monoisotopic (exact) mass is 474 g/mol. The van der Waals surface area contributed by atoms with E-state index in [1.807, 2.05) is 6.92 Å².